The average Bonchev–Trinajstić information content (AvgIpc) is 2.38. The van der Waals surface area contributed by atoms with Crippen LogP contribution in [-0.4, -0.2) is 18.6 Å². The van der Waals surface area contributed by atoms with Gasteiger partial charge in [-0.25, -0.2) is 4.39 Å². The normalized spacial score (nSPS) is 13.2. The van der Waals surface area contributed by atoms with Gasteiger partial charge >= 0.3 is 0 Å². The minimum Gasteiger partial charge on any atom is -0.299 e. The molecule has 0 fully saturated rings. The second kappa shape index (κ2) is 6.60. The number of nitrogens with one attached hydrogen (secondary N) is 1. The van der Waals surface area contributed by atoms with Crippen molar-refractivity contribution in [2.24, 2.45) is 5.11 Å². The molecule has 1 atom stereocenters. The summed E-state index contributed by atoms with van der Waals surface area (Å²) >= 11 is 0. The fourth-order valence-corrected chi connectivity index (χ4v) is 1.58. The molecule has 0 aromatic heterocycles. The molecule has 0 aliphatic heterocycles. The van der Waals surface area contributed by atoms with Crippen LogP contribution in [0.4, 0.5) is 4.39 Å². The lowest BCUT2D eigenvalue weighted by Crippen LogP contribution is -2.44. The highest BCUT2D eigenvalue weighted by molar-refractivity contribution is 5.22. The van der Waals surface area contributed by atoms with Crippen LogP contribution in [0.3, 0.4) is 0 Å². The Labute approximate surface area is 105 Å². The van der Waals surface area contributed by atoms with Gasteiger partial charge in [0, 0.05) is 24.4 Å². The molecule has 0 saturated heterocycles. The molecular weight excluding hydrogens is 233 g/mol. The van der Waals surface area contributed by atoms with E-state index in [4.69, 9.17) is 10.8 Å². The monoisotopic (exact) mass is 247 g/mol. The number of hydrogen-bond acceptors (Lipinski definition) is 3. The highest BCUT2D eigenvalue weighted by atomic mass is 19.1. The predicted octanol–water partition coefficient (Wildman–Crippen LogP) is 2.55. The molecule has 1 unspecified atom stereocenters. The summed E-state index contributed by atoms with van der Waals surface area (Å²) in [5.41, 5.74) is 8.25. The molecule has 1 rings (SSSR count). The van der Waals surface area contributed by atoms with Gasteiger partial charge in [0.25, 0.3) is 0 Å². The molecule has 5 nitrogen and oxygen atoms in total. The van der Waals surface area contributed by atoms with E-state index in [-0.39, 0.29) is 12.4 Å². The molecule has 0 heterocycles. The summed E-state index contributed by atoms with van der Waals surface area (Å²) in [6.07, 6.45) is 0.458. The van der Waals surface area contributed by atoms with Crippen molar-refractivity contribution in [1.29, 1.82) is 5.26 Å². The van der Waals surface area contributed by atoms with E-state index in [0.29, 0.717) is 13.0 Å². The van der Waals surface area contributed by atoms with Gasteiger partial charge in [-0.1, -0.05) is 17.2 Å². The highest BCUT2D eigenvalue weighted by Gasteiger charge is 2.23. The van der Waals surface area contributed by atoms with E-state index in [2.05, 4.69) is 21.4 Å². The zero-order valence-electron chi connectivity index (χ0n) is 10.1. The van der Waals surface area contributed by atoms with E-state index < -0.39 is 5.54 Å². The molecule has 94 valence electrons. The number of hydrogen-bond donors (Lipinski definition) is 1. The second-order valence-corrected chi connectivity index (χ2v) is 4.13. The third-order valence-electron chi connectivity index (χ3n) is 2.51. The maximum Gasteiger partial charge on any atom is 0.123 e. The summed E-state index contributed by atoms with van der Waals surface area (Å²) in [6.45, 7) is 2.47. The van der Waals surface area contributed by atoms with Gasteiger partial charge in [0.05, 0.1) is 6.07 Å². The summed E-state index contributed by atoms with van der Waals surface area (Å²) < 4.78 is 12.8. The molecule has 0 saturated carbocycles. The Morgan fingerprint density at radius 1 is 1.50 bits per heavy atom. The summed E-state index contributed by atoms with van der Waals surface area (Å²) in [5.74, 6) is -0.297. The maximum absolute atomic E-state index is 12.8. The summed E-state index contributed by atoms with van der Waals surface area (Å²) in [6, 6.07) is 8.22. The van der Waals surface area contributed by atoms with Crippen molar-refractivity contribution in [1.82, 2.24) is 5.32 Å². The zero-order chi connectivity index (χ0) is 13.4. The van der Waals surface area contributed by atoms with E-state index in [0.717, 1.165) is 5.56 Å². The van der Waals surface area contributed by atoms with Gasteiger partial charge in [-0.2, -0.15) is 5.26 Å². The molecule has 0 bridgehead atoms. The van der Waals surface area contributed by atoms with Crippen molar-refractivity contribution in [2.75, 3.05) is 13.1 Å². The van der Waals surface area contributed by atoms with E-state index in [9.17, 15) is 4.39 Å². The number of nitriles is 1. The molecular formula is C12H14FN5. The third-order valence-corrected chi connectivity index (χ3v) is 2.51. The number of benzene rings is 1. The molecule has 1 aromatic rings. The van der Waals surface area contributed by atoms with Crippen molar-refractivity contribution in [3.8, 4) is 6.07 Å². The highest BCUT2D eigenvalue weighted by Crippen LogP contribution is 2.13. The Bertz CT molecular complexity index is 472. The minimum atomic E-state index is -0.761. The Morgan fingerprint density at radius 3 is 2.72 bits per heavy atom. The molecule has 18 heavy (non-hydrogen) atoms. The first-order valence-corrected chi connectivity index (χ1v) is 5.51. The minimum absolute atomic E-state index is 0.289. The van der Waals surface area contributed by atoms with Crippen LogP contribution in [-0.2, 0) is 6.42 Å². The topological polar surface area (TPSA) is 84.6 Å². The molecule has 0 spiro atoms. The Hall–Kier alpha value is -2.09. The van der Waals surface area contributed by atoms with E-state index >= 15 is 0 Å². The zero-order valence-corrected chi connectivity index (χ0v) is 10.1. The van der Waals surface area contributed by atoms with Gasteiger partial charge in [0.15, 0.2) is 0 Å². The second-order valence-electron chi connectivity index (χ2n) is 4.13. The van der Waals surface area contributed by atoms with Crippen LogP contribution in [0.2, 0.25) is 0 Å². The Morgan fingerprint density at radius 2 is 2.17 bits per heavy atom. The van der Waals surface area contributed by atoms with Crippen LogP contribution in [0.1, 0.15) is 12.5 Å². The van der Waals surface area contributed by atoms with Gasteiger partial charge in [-0.05, 0) is 30.2 Å². The molecule has 1 N–H and O–H groups in total. The number of rotatable bonds is 6. The van der Waals surface area contributed by atoms with Crippen molar-refractivity contribution >= 4 is 0 Å². The molecule has 0 radical (unpaired) electrons. The van der Waals surface area contributed by atoms with Crippen LogP contribution in [0.25, 0.3) is 10.4 Å². The van der Waals surface area contributed by atoms with Crippen molar-refractivity contribution in [2.45, 2.75) is 18.9 Å². The van der Waals surface area contributed by atoms with E-state index in [1.165, 1.54) is 12.1 Å². The Kier molecular flexibility index (Phi) is 5.12. The largest absolute Gasteiger partial charge is 0.299 e. The lowest BCUT2D eigenvalue weighted by Gasteiger charge is -2.23. The Balaban J connectivity index is 2.62. The fourth-order valence-electron chi connectivity index (χ4n) is 1.58. The third kappa shape index (κ3) is 4.42. The molecule has 0 amide bonds. The van der Waals surface area contributed by atoms with Gasteiger partial charge < -0.3 is 0 Å². The first-order chi connectivity index (χ1) is 8.59. The van der Waals surface area contributed by atoms with Crippen LogP contribution in [0, 0.1) is 17.1 Å². The van der Waals surface area contributed by atoms with Crippen molar-refractivity contribution in [3.05, 3.63) is 46.1 Å². The average molecular weight is 247 g/mol. The summed E-state index contributed by atoms with van der Waals surface area (Å²) in [7, 11) is 0. The van der Waals surface area contributed by atoms with Gasteiger partial charge in [0.1, 0.15) is 11.4 Å². The predicted molar refractivity (Wildman–Crippen MR) is 66.1 cm³/mol. The number of azide groups is 1. The van der Waals surface area contributed by atoms with Crippen molar-refractivity contribution in [3.63, 3.8) is 0 Å². The molecule has 6 heteroatoms. The van der Waals surface area contributed by atoms with Gasteiger partial charge in [-0.15, -0.1) is 0 Å². The van der Waals surface area contributed by atoms with Gasteiger partial charge in [0.2, 0.25) is 0 Å². The lowest BCUT2D eigenvalue weighted by atomic mass is 9.94. The van der Waals surface area contributed by atoms with E-state index in [1.807, 2.05) is 0 Å². The molecule has 1 aromatic carbocycles. The fraction of sp³-hybridized carbons (Fsp3) is 0.417. The number of halogens is 1. The van der Waals surface area contributed by atoms with Crippen LogP contribution in [0.5, 0.6) is 0 Å². The first kappa shape index (κ1) is 14.0. The standard InChI is InChI=1S/C12H14FN5/c1-12(9-14,16-6-7-17-18-15)8-10-2-4-11(13)5-3-10/h2-5,16H,6-8H2,1H3. The van der Waals surface area contributed by atoms with Crippen molar-refractivity contribution < 1.29 is 4.39 Å². The van der Waals surface area contributed by atoms with Gasteiger partial charge in [-0.3, -0.25) is 5.32 Å². The quantitative estimate of drug-likeness (QED) is 0.362. The SMILES string of the molecule is CC(C#N)(Cc1ccc(F)cc1)NCCN=[N+]=[N-]. The maximum atomic E-state index is 12.8. The first-order valence-electron chi connectivity index (χ1n) is 5.51. The number of nitrogens with zero attached hydrogens (tertiary/aromatic N) is 4. The van der Waals surface area contributed by atoms with E-state index in [1.54, 1.807) is 19.1 Å². The smallest absolute Gasteiger partial charge is 0.123 e. The summed E-state index contributed by atoms with van der Waals surface area (Å²) in [4.78, 5) is 2.64. The molecule has 0 aliphatic carbocycles. The lowest BCUT2D eigenvalue weighted by molar-refractivity contribution is 0.450. The van der Waals surface area contributed by atoms with Crippen LogP contribution < -0.4 is 5.32 Å². The summed E-state index contributed by atoms with van der Waals surface area (Å²) in [5, 5.41) is 15.6. The van der Waals surface area contributed by atoms with Crippen LogP contribution in [0.15, 0.2) is 29.4 Å². The molecule has 0 aliphatic rings. The van der Waals surface area contributed by atoms with Crippen LogP contribution >= 0.6 is 0 Å².